The molecule has 0 radical (unpaired) electrons. The maximum atomic E-state index is 12.5. The molecule has 136 valence electrons. The Morgan fingerprint density at radius 2 is 2.12 bits per heavy atom. The van der Waals surface area contributed by atoms with Crippen molar-refractivity contribution in [3.63, 3.8) is 0 Å². The minimum Gasteiger partial charge on any atom is -0.368 e. The molecule has 26 heavy (non-hydrogen) atoms. The third-order valence-corrected chi connectivity index (χ3v) is 5.80. The van der Waals surface area contributed by atoms with E-state index in [1.807, 2.05) is 13.0 Å². The largest absolute Gasteiger partial charge is 0.368 e. The van der Waals surface area contributed by atoms with E-state index < -0.39 is 11.9 Å². The van der Waals surface area contributed by atoms with Crippen molar-refractivity contribution in [2.75, 3.05) is 11.9 Å². The molecule has 0 unspecified atom stereocenters. The number of likely N-dealkylation sites (tertiary alicyclic amines) is 1. The van der Waals surface area contributed by atoms with Crippen LogP contribution in [0.3, 0.4) is 0 Å². The number of thiazole rings is 1. The maximum Gasteiger partial charge on any atom is 0.324 e. The van der Waals surface area contributed by atoms with Crippen molar-refractivity contribution < 1.29 is 9.59 Å². The number of carbonyl (C=O) groups is 2. The van der Waals surface area contributed by atoms with E-state index >= 15 is 0 Å². The summed E-state index contributed by atoms with van der Waals surface area (Å²) in [5.74, 6) is 0.882. The standard InChI is InChI=1S/C17H20N6O2S/c1-9-13(11-6-7-19-15(21-11)10-4-5-10)26-16(20-9)22-17(25)23-8-2-3-12(23)14(18)24/h6-7,10,12H,2-5,8H2,1H3,(H2,18,24)(H,20,22,25)/t12-/m0/s1. The first-order valence-corrected chi connectivity index (χ1v) is 9.52. The number of aromatic nitrogens is 3. The molecule has 3 N–H and O–H groups in total. The third-order valence-electron chi connectivity index (χ3n) is 4.70. The van der Waals surface area contributed by atoms with Gasteiger partial charge in [0.05, 0.1) is 16.3 Å². The Labute approximate surface area is 154 Å². The molecular weight excluding hydrogens is 352 g/mol. The predicted molar refractivity (Wildman–Crippen MR) is 97.8 cm³/mol. The van der Waals surface area contributed by atoms with E-state index in [1.54, 1.807) is 6.20 Å². The van der Waals surface area contributed by atoms with Crippen molar-refractivity contribution in [1.82, 2.24) is 19.9 Å². The summed E-state index contributed by atoms with van der Waals surface area (Å²) in [5.41, 5.74) is 7.01. The quantitative estimate of drug-likeness (QED) is 0.854. The summed E-state index contributed by atoms with van der Waals surface area (Å²) in [4.78, 5) is 39.8. The number of hydrogen-bond acceptors (Lipinski definition) is 6. The van der Waals surface area contributed by atoms with Gasteiger partial charge in [-0.1, -0.05) is 11.3 Å². The normalized spacial score (nSPS) is 19.6. The molecule has 1 saturated carbocycles. The van der Waals surface area contributed by atoms with Gasteiger partial charge in [0.1, 0.15) is 11.9 Å². The number of hydrogen-bond donors (Lipinski definition) is 2. The van der Waals surface area contributed by atoms with Crippen LogP contribution in [0.4, 0.5) is 9.93 Å². The Bertz CT molecular complexity index is 863. The lowest BCUT2D eigenvalue weighted by molar-refractivity contribution is -0.121. The second kappa shape index (κ2) is 6.64. The fraction of sp³-hybridized carbons (Fsp3) is 0.471. The number of carbonyl (C=O) groups excluding carboxylic acids is 2. The van der Waals surface area contributed by atoms with Gasteiger partial charge in [0.25, 0.3) is 0 Å². The summed E-state index contributed by atoms with van der Waals surface area (Å²) in [6.07, 6.45) is 5.44. The molecule has 1 aliphatic carbocycles. The van der Waals surface area contributed by atoms with Crippen molar-refractivity contribution >= 4 is 28.4 Å². The summed E-state index contributed by atoms with van der Waals surface area (Å²) in [5, 5.41) is 3.28. The number of rotatable bonds is 4. The number of amides is 3. The molecule has 1 aliphatic heterocycles. The maximum absolute atomic E-state index is 12.5. The fourth-order valence-corrected chi connectivity index (χ4v) is 4.12. The Balaban J connectivity index is 1.52. The molecular formula is C17H20N6O2S. The van der Waals surface area contributed by atoms with Crippen LogP contribution in [-0.2, 0) is 4.79 Å². The summed E-state index contributed by atoms with van der Waals surface area (Å²) in [6, 6.07) is 0.980. The zero-order valence-electron chi connectivity index (χ0n) is 14.4. The van der Waals surface area contributed by atoms with Crippen LogP contribution < -0.4 is 11.1 Å². The van der Waals surface area contributed by atoms with Crippen molar-refractivity contribution in [3.05, 3.63) is 23.8 Å². The first-order valence-electron chi connectivity index (χ1n) is 8.70. The monoisotopic (exact) mass is 372 g/mol. The number of nitrogens with one attached hydrogen (secondary N) is 1. The van der Waals surface area contributed by atoms with Gasteiger partial charge in [0.2, 0.25) is 5.91 Å². The fourth-order valence-electron chi connectivity index (χ4n) is 3.19. The smallest absolute Gasteiger partial charge is 0.324 e. The number of anilines is 1. The summed E-state index contributed by atoms with van der Waals surface area (Å²) in [6.45, 7) is 2.41. The second-order valence-corrected chi connectivity index (χ2v) is 7.69. The molecule has 8 nitrogen and oxygen atoms in total. The third kappa shape index (κ3) is 3.26. The first-order chi connectivity index (χ1) is 12.5. The summed E-state index contributed by atoms with van der Waals surface area (Å²) in [7, 11) is 0. The van der Waals surface area contributed by atoms with Gasteiger partial charge in [-0.25, -0.2) is 19.7 Å². The molecule has 2 aliphatic rings. The first kappa shape index (κ1) is 16.9. The van der Waals surface area contributed by atoms with Gasteiger partial charge < -0.3 is 10.6 Å². The highest BCUT2D eigenvalue weighted by molar-refractivity contribution is 7.19. The van der Waals surface area contributed by atoms with Crippen LogP contribution in [0.2, 0.25) is 0 Å². The lowest BCUT2D eigenvalue weighted by Gasteiger charge is -2.21. The van der Waals surface area contributed by atoms with Crippen LogP contribution in [0, 0.1) is 6.92 Å². The lowest BCUT2D eigenvalue weighted by Crippen LogP contribution is -2.45. The van der Waals surface area contributed by atoms with E-state index in [0.717, 1.165) is 41.4 Å². The molecule has 3 amide bonds. The van der Waals surface area contributed by atoms with Gasteiger partial charge in [-0.2, -0.15) is 0 Å². The average Bonchev–Trinajstić information content (AvgIpc) is 3.23. The Hall–Kier alpha value is -2.55. The number of primary amides is 1. The SMILES string of the molecule is Cc1nc(NC(=O)N2CCC[C@H]2C(N)=O)sc1-c1ccnc(C2CC2)n1. The van der Waals surface area contributed by atoms with E-state index in [4.69, 9.17) is 5.73 Å². The Morgan fingerprint density at radius 3 is 2.85 bits per heavy atom. The zero-order valence-corrected chi connectivity index (χ0v) is 15.3. The number of urea groups is 1. The predicted octanol–water partition coefficient (Wildman–Crippen LogP) is 2.27. The van der Waals surface area contributed by atoms with Gasteiger partial charge in [-0.3, -0.25) is 10.1 Å². The highest BCUT2D eigenvalue weighted by atomic mass is 32.1. The van der Waals surface area contributed by atoms with Gasteiger partial charge in [0, 0.05) is 18.7 Å². The van der Waals surface area contributed by atoms with Gasteiger partial charge in [-0.05, 0) is 38.7 Å². The molecule has 0 spiro atoms. The van der Waals surface area contributed by atoms with Gasteiger partial charge in [-0.15, -0.1) is 0 Å². The molecule has 1 saturated heterocycles. The molecule has 2 aromatic rings. The van der Waals surface area contributed by atoms with Crippen LogP contribution in [0.5, 0.6) is 0 Å². The van der Waals surface area contributed by atoms with Gasteiger partial charge >= 0.3 is 6.03 Å². The van der Waals surface area contributed by atoms with Gasteiger partial charge in [0.15, 0.2) is 5.13 Å². The molecule has 1 atom stereocenters. The van der Waals surface area contributed by atoms with E-state index in [2.05, 4.69) is 20.3 Å². The summed E-state index contributed by atoms with van der Waals surface area (Å²) >= 11 is 1.37. The van der Waals surface area contributed by atoms with Crippen molar-refractivity contribution in [2.45, 2.75) is 44.6 Å². The topological polar surface area (TPSA) is 114 Å². The Kier molecular flexibility index (Phi) is 4.31. The van der Waals surface area contributed by atoms with Crippen LogP contribution in [-0.4, -0.2) is 44.4 Å². The van der Waals surface area contributed by atoms with Crippen LogP contribution in [0.25, 0.3) is 10.6 Å². The van der Waals surface area contributed by atoms with E-state index in [-0.39, 0.29) is 6.03 Å². The second-order valence-electron chi connectivity index (χ2n) is 6.69. The molecule has 4 rings (SSSR count). The number of aryl methyl sites for hydroxylation is 1. The zero-order chi connectivity index (χ0) is 18.3. The van der Waals surface area contributed by atoms with Crippen molar-refractivity contribution in [1.29, 1.82) is 0 Å². The number of nitrogens with zero attached hydrogens (tertiary/aromatic N) is 4. The van der Waals surface area contributed by atoms with Crippen LogP contribution in [0.1, 0.15) is 43.1 Å². The number of nitrogens with two attached hydrogens (primary N) is 1. The molecule has 0 bridgehead atoms. The average molecular weight is 372 g/mol. The van der Waals surface area contributed by atoms with E-state index in [0.29, 0.717) is 24.0 Å². The highest BCUT2D eigenvalue weighted by Gasteiger charge is 2.33. The molecule has 2 aromatic heterocycles. The summed E-state index contributed by atoms with van der Waals surface area (Å²) < 4.78 is 0. The Morgan fingerprint density at radius 1 is 1.31 bits per heavy atom. The molecule has 0 aromatic carbocycles. The highest BCUT2D eigenvalue weighted by Crippen LogP contribution is 2.39. The molecule has 2 fully saturated rings. The minimum absolute atomic E-state index is 0.340. The van der Waals surface area contributed by atoms with E-state index in [1.165, 1.54) is 16.2 Å². The minimum atomic E-state index is -0.543. The molecule has 9 heteroatoms. The van der Waals surface area contributed by atoms with E-state index in [9.17, 15) is 9.59 Å². The van der Waals surface area contributed by atoms with Crippen LogP contribution in [0.15, 0.2) is 12.3 Å². The van der Waals surface area contributed by atoms with Crippen LogP contribution >= 0.6 is 11.3 Å². The van der Waals surface area contributed by atoms with Crippen molar-refractivity contribution in [2.24, 2.45) is 5.73 Å². The molecule has 3 heterocycles. The lowest BCUT2D eigenvalue weighted by atomic mass is 10.2. The van der Waals surface area contributed by atoms with Crippen molar-refractivity contribution in [3.8, 4) is 10.6 Å².